The van der Waals surface area contributed by atoms with E-state index < -0.39 is 49.3 Å². The molecule has 1 aliphatic rings. The highest BCUT2D eigenvalue weighted by atomic mass is 16.7. The quantitative estimate of drug-likeness (QED) is 0.153. The Morgan fingerprint density at radius 2 is 1.86 bits per heavy atom. The van der Waals surface area contributed by atoms with Crippen LogP contribution < -0.4 is 16.4 Å². The molecule has 170 valence electrons. The van der Waals surface area contributed by atoms with Gasteiger partial charge in [0.2, 0.25) is 5.91 Å². The predicted molar refractivity (Wildman–Crippen MR) is 103 cm³/mol. The number of carbonyl (C=O) groups is 2. The molecule has 0 aromatic carbocycles. The Hall–Kier alpha value is -1.34. The number of hydrogen-bond donors (Lipinski definition) is 7. The zero-order valence-electron chi connectivity index (χ0n) is 16.8. The summed E-state index contributed by atoms with van der Waals surface area (Å²) in [5.74, 6) is -1.14. The van der Waals surface area contributed by atoms with Gasteiger partial charge in [-0.05, 0) is 26.3 Å². The maximum absolute atomic E-state index is 12.0. The van der Waals surface area contributed by atoms with Gasteiger partial charge in [0.15, 0.2) is 6.29 Å². The lowest BCUT2D eigenvalue weighted by atomic mass is 9.98. The van der Waals surface area contributed by atoms with Crippen molar-refractivity contribution in [3.8, 4) is 0 Å². The van der Waals surface area contributed by atoms with Gasteiger partial charge in [-0.15, -0.1) is 0 Å². The summed E-state index contributed by atoms with van der Waals surface area (Å²) in [5.41, 5.74) is 5.79. The van der Waals surface area contributed by atoms with E-state index in [1.807, 2.05) is 0 Å². The second kappa shape index (κ2) is 13.8. The van der Waals surface area contributed by atoms with Crippen molar-refractivity contribution in [1.29, 1.82) is 0 Å². The van der Waals surface area contributed by atoms with Crippen LogP contribution in [0.5, 0.6) is 0 Å². The number of aliphatic hydroxyl groups excluding tert-OH is 3. The zero-order chi connectivity index (χ0) is 21.8. The van der Waals surface area contributed by atoms with Gasteiger partial charge in [0, 0.05) is 19.6 Å². The summed E-state index contributed by atoms with van der Waals surface area (Å²) in [5, 5.41) is 43.0. The number of unbranched alkanes of at least 4 members (excludes halogenated alkanes) is 3. The van der Waals surface area contributed by atoms with Crippen LogP contribution in [0.3, 0.4) is 0 Å². The first kappa shape index (κ1) is 25.7. The molecular weight excluding hydrogens is 386 g/mol. The Morgan fingerprint density at radius 1 is 1.17 bits per heavy atom. The van der Waals surface area contributed by atoms with Crippen molar-refractivity contribution in [1.82, 2.24) is 10.6 Å². The summed E-state index contributed by atoms with van der Waals surface area (Å²) in [6.07, 6.45) is -0.931. The van der Waals surface area contributed by atoms with E-state index in [2.05, 4.69) is 10.6 Å². The third-order valence-corrected chi connectivity index (χ3v) is 4.89. The lowest BCUT2D eigenvalue weighted by Crippen LogP contribution is -2.62. The Kier molecular flexibility index (Phi) is 12.2. The number of carboxylic acid groups (broad SMARTS) is 1. The van der Waals surface area contributed by atoms with Crippen LogP contribution in [-0.4, -0.2) is 95.8 Å². The number of carboxylic acids is 1. The molecule has 0 aromatic rings. The summed E-state index contributed by atoms with van der Waals surface area (Å²) in [7, 11) is 1.62. The molecule has 0 spiro atoms. The topological polar surface area (TPSA) is 184 Å². The monoisotopic (exact) mass is 421 g/mol. The fraction of sp³-hybridized carbons (Fsp3) is 0.889. The number of hydrogen-bond acceptors (Lipinski definition) is 9. The largest absolute Gasteiger partial charge is 0.481 e. The number of rotatable bonds is 14. The van der Waals surface area contributed by atoms with Gasteiger partial charge >= 0.3 is 5.97 Å². The molecule has 29 heavy (non-hydrogen) atoms. The van der Waals surface area contributed by atoms with E-state index in [0.29, 0.717) is 13.2 Å². The highest BCUT2D eigenvalue weighted by Gasteiger charge is 2.42. The Balaban J connectivity index is 2.12. The molecule has 11 nitrogen and oxygen atoms in total. The Labute approximate surface area is 170 Å². The Morgan fingerprint density at radius 3 is 2.48 bits per heavy atom. The third kappa shape index (κ3) is 8.91. The van der Waals surface area contributed by atoms with E-state index in [1.165, 1.54) is 0 Å². The van der Waals surface area contributed by atoms with Crippen molar-refractivity contribution < 1.29 is 39.5 Å². The van der Waals surface area contributed by atoms with Gasteiger partial charge in [0.05, 0.1) is 18.7 Å². The smallest absolute Gasteiger partial charge is 0.303 e. The number of aliphatic carboxylic acids is 1. The maximum Gasteiger partial charge on any atom is 0.303 e. The number of amides is 1. The zero-order valence-corrected chi connectivity index (χ0v) is 16.8. The molecule has 1 rings (SSSR count). The fourth-order valence-corrected chi connectivity index (χ4v) is 3.04. The van der Waals surface area contributed by atoms with Crippen LogP contribution in [-0.2, 0) is 19.1 Å². The van der Waals surface area contributed by atoms with Crippen molar-refractivity contribution in [2.75, 3.05) is 26.8 Å². The molecule has 11 heteroatoms. The molecule has 0 radical (unpaired) electrons. The fourth-order valence-electron chi connectivity index (χ4n) is 3.04. The number of aliphatic hydroxyl groups is 3. The summed E-state index contributed by atoms with van der Waals surface area (Å²) in [6.45, 7) is 0.410. The normalized spacial score (nSPS) is 28.1. The van der Waals surface area contributed by atoms with Gasteiger partial charge < -0.3 is 46.3 Å². The minimum absolute atomic E-state index is 0.0671. The van der Waals surface area contributed by atoms with Crippen molar-refractivity contribution in [2.24, 2.45) is 5.73 Å². The lowest BCUT2D eigenvalue weighted by molar-refractivity contribution is -0.265. The summed E-state index contributed by atoms with van der Waals surface area (Å²) in [6, 6.07) is -1.42. The molecule has 0 saturated carbocycles. The van der Waals surface area contributed by atoms with Crippen molar-refractivity contribution in [2.45, 2.75) is 75.2 Å². The molecule has 0 aromatic heterocycles. The van der Waals surface area contributed by atoms with Gasteiger partial charge in [0.1, 0.15) is 18.3 Å². The van der Waals surface area contributed by atoms with Gasteiger partial charge in [-0.2, -0.15) is 0 Å². The van der Waals surface area contributed by atoms with E-state index in [4.69, 9.17) is 25.4 Å². The SMILES string of the molecule is CNC(CCC(=O)O)C(=O)NCCCCCCOC1OC(CO)C(O)C(O)C1N. The molecule has 0 aliphatic carbocycles. The van der Waals surface area contributed by atoms with Crippen LogP contribution in [0.4, 0.5) is 0 Å². The molecule has 8 N–H and O–H groups in total. The van der Waals surface area contributed by atoms with Crippen LogP contribution in [0, 0.1) is 0 Å². The first-order valence-electron chi connectivity index (χ1n) is 9.98. The lowest BCUT2D eigenvalue weighted by Gasteiger charge is -2.40. The molecule has 1 fully saturated rings. The van der Waals surface area contributed by atoms with Crippen molar-refractivity contribution >= 4 is 11.9 Å². The van der Waals surface area contributed by atoms with E-state index in [-0.39, 0.29) is 18.7 Å². The van der Waals surface area contributed by atoms with Gasteiger partial charge in [-0.1, -0.05) is 12.8 Å². The predicted octanol–water partition coefficient (Wildman–Crippen LogP) is -2.10. The van der Waals surface area contributed by atoms with E-state index >= 15 is 0 Å². The molecule has 1 amide bonds. The minimum Gasteiger partial charge on any atom is -0.481 e. The molecule has 6 atom stereocenters. The second-order valence-electron chi connectivity index (χ2n) is 7.13. The van der Waals surface area contributed by atoms with E-state index in [1.54, 1.807) is 7.05 Å². The molecule has 1 heterocycles. The summed E-state index contributed by atoms with van der Waals surface area (Å²) in [4.78, 5) is 22.5. The van der Waals surface area contributed by atoms with Gasteiger partial charge in [0.25, 0.3) is 0 Å². The van der Waals surface area contributed by atoms with Crippen LogP contribution in [0.25, 0.3) is 0 Å². The van der Waals surface area contributed by atoms with Crippen LogP contribution in [0.1, 0.15) is 38.5 Å². The average Bonchev–Trinajstić information content (AvgIpc) is 2.69. The second-order valence-corrected chi connectivity index (χ2v) is 7.13. The molecule has 0 bridgehead atoms. The van der Waals surface area contributed by atoms with Gasteiger partial charge in [-0.3, -0.25) is 9.59 Å². The van der Waals surface area contributed by atoms with Gasteiger partial charge in [-0.25, -0.2) is 0 Å². The minimum atomic E-state index is -1.25. The summed E-state index contributed by atoms with van der Waals surface area (Å²) < 4.78 is 10.9. The number of likely N-dealkylation sites (N-methyl/N-ethyl adjacent to an activating group) is 1. The molecular formula is C18H35N3O8. The van der Waals surface area contributed by atoms with Crippen LogP contribution >= 0.6 is 0 Å². The molecule has 1 saturated heterocycles. The molecule has 6 unspecified atom stereocenters. The van der Waals surface area contributed by atoms with E-state index in [9.17, 15) is 19.8 Å². The first-order chi connectivity index (χ1) is 13.8. The standard InChI is InChI=1S/C18H35N3O8/c1-20-11(6-7-13(23)24)17(27)21-8-4-2-3-5-9-28-18-14(19)16(26)15(25)12(10-22)29-18/h11-12,14-16,18,20,22,25-26H,2-10,19H2,1H3,(H,21,27)(H,23,24). The number of carbonyl (C=O) groups excluding carboxylic acids is 1. The number of ether oxygens (including phenoxy) is 2. The highest BCUT2D eigenvalue weighted by molar-refractivity contribution is 5.82. The van der Waals surface area contributed by atoms with Crippen molar-refractivity contribution in [3.05, 3.63) is 0 Å². The summed E-state index contributed by atoms with van der Waals surface area (Å²) >= 11 is 0. The molecule has 1 aliphatic heterocycles. The van der Waals surface area contributed by atoms with Crippen LogP contribution in [0.15, 0.2) is 0 Å². The average molecular weight is 421 g/mol. The van der Waals surface area contributed by atoms with Crippen molar-refractivity contribution in [3.63, 3.8) is 0 Å². The maximum atomic E-state index is 12.0. The third-order valence-electron chi connectivity index (χ3n) is 4.89. The Bertz CT molecular complexity index is 494. The van der Waals surface area contributed by atoms with E-state index in [0.717, 1.165) is 25.7 Å². The highest BCUT2D eigenvalue weighted by Crippen LogP contribution is 2.20. The first-order valence-corrected chi connectivity index (χ1v) is 9.98. The number of nitrogens with one attached hydrogen (secondary N) is 2. The van der Waals surface area contributed by atoms with Crippen LogP contribution in [0.2, 0.25) is 0 Å². The number of nitrogens with two attached hydrogens (primary N) is 1.